The molecule has 2 N–H and O–H groups in total. The van der Waals surface area contributed by atoms with Crippen LogP contribution in [0.1, 0.15) is 31.0 Å². The molecule has 0 saturated carbocycles. The molecule has 120 valence electrons. The third-order valence-corrected chi connectivity index (χ3v) is 3.23. The van der Waals surface area contributed by atoms with E-state index in [1.54, 1.807) is 6.92 Å². The number of benzene rings is 3. The molecule has 3 heteroatoms. The summed E-state index contributed by atoms with van der Waals surface area (Å²) in [7, 11) is 0. The first-order valence-electron chi connectivity index (χ1n) is 12.1. The van der Waals surface area contributed by atoms with E-state index < -0.39 is 66.4 Å². The van der Waals surface area contributed by atoms with E-state index in [1.807, 2.05) is 0 Å². The number of ether oxygens (including phenoxy) is 1. The SMILES string of the molecule is [2H]c1c([2H])c([2H])c(-c2cc(C(=O)OCC)cc(-c3c([2H])c([2H])c([2H])c([2H])c3[2H])c2N)c([2H])c1[2H]. The van der Waals surface area contributed by atoms with Crippen LogP contribution in [0.15, 0.2) is 72.6 Å². The molecule has 3 rings (SSSR count). The predicted molar refractivity (Wildman–Crippen MR) is 97.7 cm³/mol. The van der Waals surface area contributed by atoms with Crippen molar-refractivity contribution in [1.82, 2.24) is 0 Å². The molecule has 0 heterocycles. The zero-order chi connectivity index (χ0) is 25.6. The van der Waals surface area contributed by atoms with Crippen LogP contribution in [0.3, 0.4) is 0 Å². The smallest absolute Gasteiger partial charge is 0.338 e. The van der Waals surface area contributed by atoms with Crippen LogP contribution in [0.25, 0.3) is 22.3 Å². The summed E-state index contributed by atoms with van der Waals surface area (Å²) >= 11 is 0. The third-order valence-electron chi connectivity index (χ3n) is 3.23. The van der Waals surface area contributed by atoms with E-state index in [-0.39, 0.29) is 40.1 Å². The van der Waals surface area contributed by atoms with Gasteiger partial charge in [0.05, 0.1) is 25.9 Å². The van der Waals surface area contributed by atoms with Gasteiger partial charge in [-0.2, -0.15) is 0 Å². The molecule has 0 amide bonds. The summed E-state index contributed by atoms with van der Waals surface area (Å²) in [6.07, 6.45) is 0. The lowest BCUT2D eigenvalue weighted by Gasteiger charge is -2.14. The number of nitrogens with two attached hydrogens (primary N) is 1. The van der Waals surface area contributed by atoms with Gasteiger partial charge < -0.3 is 10.5 Å². The topological polar surface area (TPSA) is 52.3 Å². The van der Waals surface area contributed by atoms with Crippen molar-refractivity contribution in [2.45, 2.75) is 6.92 Å². The number of nitrogen functional groups attached to an aromatic ring is 1. The van der Waals surface area contributed by atoms with Gasteiger partial charge in [0.2, 0.25) is 0 Å². The minimum Gasteiger partial charge on any atom is -0.462 e. The van der Waals surface area contributed by atoms with Crippen molar-refractivity contribution in [1.29, 1.82) is 0 Å². The minimum absolute atomic E-state index is 0.0111. The highest BCUT2D eigenvalue weighted by atomic mass is 16.5. The monoisotopic (exact) mass is 327 g/mol. The Labute approximate surface area is 155 Å². The molecule has 0 saturated heterocycles. The van der Waals surface area contributed by atoms with Gasteiger partial charge in [-0.3, -0.25) is 0 Å². The van der Waals surface area contributed by atoms with Crippen molar-refractivity contribution in [3.8, 4) is 22.3 Å². The number of carbonyl (C=O) groups excluding carboxylic acids is 1. The molecule has 0 radical (unpaired) electrons. The second-order valence-corrected chi connectivity index (χ2v) is 4.71. The van der Waals surface area contributed by atoms with Crippen molar-refractivity contribution in [3.05, 3.63) is 78.1 Å². The zero-order valence-electron chi connectivity index (χ0n) is 22.8. The molecule has 3 aromatic carbocycles. The number of rotatable bonds is 4. The van der Waals surface area contributed by atoms with Crippen LogP contribution in [0, 0.1) is 0 Å². The molecule has 3 aromatic rings. The van der Waals surface area contributed by atoms with Crippen molar-refractivity contribution in [2.24, 2.45) is 0 Å². The second kappa shape index (κ2) is 7.01. The largest absolute Gasteiger partial charge is 0.462 e. The van der Waals surface area contributed by atoms with E-state index in [4.69, 9.17) is 24.2 Å². The van der Waals surface area contributed by atoms with E-state index in [2.05, 4.69) is 0 Å². The highest BCUT2D eigenvalue weighted by molar-refractivity contribution is 5.98. The second-order valence-electron chi connectivity index (χ2n) is 4.71. The number of hydrogen-bond acceptors (Lipinski definition) is 3. The zero-order valence-corrected chi connectivity index (χ0v) is 12.8. The van der Waals surface area contributed by atoms with Crippen LogP contribution in [-0.2, 0) is 4.74 Å². The maximum Gasteiger partial charge on any atom is 0.338 e. The van der Waals surface area contributed by atoms with Crippen LogP contribution in [0.2, 0.25) is 0 Å². The highest BCUT2D eigenvalue weighted by Crippen LogP contribution is 2.36. The molecule has 0 aliphatic carbocycles. The Balaban J connectivity index is 2.52. The summed E-state index contributed by atoms with van der Waals surface area (Å²) in [6, 6.07) is -3.66. The van der Waals surface area contributed by atoms with Gasteiger partial charge in [0, 0.05) is 16.8 Å². The van der Waals surface area contributed by atoms with Crippen LogP contribution in [-0.4, -0.2) is 12.6 Å². The van der Waals surface area contributed by atoms with Crippen LogP contribution >= 0.6 is 0 Å². The molecule has 0 unspecified atom stereocenters. The molecule has 0 atom stereocenters. The first-order chi connectivity index (χ1) is 15.8. The van der Waals surface area contributed by atoms with Crippen molar-refractivity contribution >= 4 is 11.7 Å². The lowest BCUT2D eigenvalue weighted by Crippen LogP contribution is -2.06. The quantitative estimate of drug-likeness (QED) is 0.554. The van der Waals surface area contributed by atoms with Crippen LogP contribution < -0.4 is 5.73 Å². The fourth-order valence-electron chi connectivity index (χ4n) is 2.17. The number of carbonyl (C=O) groups is 1. The summed E-state index contributed by atoms with van der Waals surface area (Å²) in [5.74, 6) is -0.829. The van der Waals surface area contributed by atoms with E-state index in [1.165, 1.54) is 12.1 Å². The molecule has 0 spiro atoms. The average molecular weight is 327 g/mol. The maximum absolute atomic E-state index is 12.6. The Kier molecular flexibility index (Phi) is 2.24. The molecule has 3 nitrogen and oxygen atoms in total. The van der Waals surface area contributed by atoms with Crippen molar-refractivity contribution in [3.63, 3.8) is 0 Å². The minimum atomic E-state index is -0.829. The molecule has 24 heavy (non-hydrogen) atoms. The molecular weight excluding hydrogens is 298 g/mol. The average Bonchev–Trinajstić information content (AvgIpc) is 2.81. The standard InChI is InChI=1S/C21H19NO2/c1-2-24-21(23)17-13-18(15-9-5-3-6-10-15)20(22)19(14-17)16-11-7-4-8-12-16/h3-14H,2,22H2,1H3/i3D,4D,5D,6D,7D,8D,9D,10D,11D,12D. The maximum atomic E-state index is 12.6. The van der Waals surface area contributed by atoms with E-state index in [0.29, 0.717) is 0 Å². The lowest BCUT2D eigenvalue weighted by molar-refractivity contribution is 0.0526. The van der Waals surface area contributed by atoms with E-state index >= 15 is 0 Å². The number of anilines is 1. The summed E-state index contributed by atoms with van der Waals surface area (Å²) in [5, 5.41) is 0. The van der Waals surface area contributed by atoms with E-state index in [0.717, 1.165) is 0 Å². The summed E-state index contributed by atoms with van der Waals surface area (Å²) < 4.78 is 85.6. The van der Waals surface area contributed by atoms with Gasteiger partial charge in [-0.25, -0.2) is 4.79 Å². The normalized spacial score (nSPS) is 16.2. The molecule has 0 aromatic heterocycles. The fraction of sp³-hybridized carbons (Fsp3) is 0.0952. The van der Waals surface area contributed by atoms with Crippen molar-refractivity contribution in [2.75, 3.05) is 12.3 Å². The fourth-order valence-corrected chi connectivity index (χ4v) is 2.17. The van der Waals surface area contributed by atoms with Crippen LogP contribution in [0.5, 0.6) is 0 Å². The summed E-state index contributed by atoms with van der Waals surface area (Å²) in [6.45, 7) is 1.58. The number of hydrogen-bond donors (Lipinski definition) is 1. The summed E-state index contributed by atoms with van der Waals surface area (Å²) in [5.41, 5.74) is 5.07. The van der Waals surface area contributed by atoms with Gasteiger partial charge in [-0.15, -0.1) is 0 Å². The Hall–Kier alpha value is -3.07. The molecule has 0 aliphatic rings. The first kappa shape index (κ1) is 7.67. The molecule has 0 bridgehead atoms. The molecular formula is C21H19NO2. The predicted octanol–water partition coefficient (Wildman–Crippen LogP) is 4.78. The first-order valence-corrected chi connectivity index (χ1v) is 7.10. The Morgan fingerprint density at radius 3 is 1.83 bits per heavy atom. The highest BCUT2D eigenvalue weighted by Gasteiger charge is 2.16. The lowest BCUT2D eigenvalue weighted by atomic mass is 9.93. The van der Waals surface area contributed by atoms with Gasteiger partial charge in [0.1, 0.15) is 0 Å². The van der Waals surface area contributed by atoms with Crippen molar-refractivity contribution < 1.29 is 23.2 Å². The van der Waals surface area contributed by atoms with Gasteiger partial charge in [0.25, 0.3) is 0 Å². The molecule has 0 fully saturated rings. The van der Waals surface area contributed by atoms with Gasteiger partial charge in [-0.05, 0) is 30.2 Å². The third kappa shape index (κ3) is 3.15. The molecule has 0 aliphatic heterocycles. The van der Waals surface area contributed by atoms with Gasteiger partial charge >= 0.3 is 5.97 Å². The Morgan fingerprint density at radius 1 is 0.958 bits per heavy atom. The van der Waals surface area contributed by atoms with Gasteiger partial charge in [0.15, 0.2) is 0 Å². The van der Waals surface area contributed by atoms with Crippen LogP contribution in [0.4, 0.5) is 5.69 Å². The summed E-state index contributed by atoms with van der Waals surface area (Å²) in [4.78, 5) is 12.6. The van der Waals surface area contributed by atoms with Gasteiger partial charge in [-0.1, -0.05) is 60.4 Å². The number of esters is 1. The Morgan fingerprint density at radius 2 is 1.42 bits per heavy atom. The van der Waals surface area contributed by atoms with E-state index in [9.17, 15) is 4.79 Å². The Bertz CT molecular complexity index is 1210.